The number of imidazole rings is 1. The molecule has 0 saturated carbocycles. The van der Waals surface area contributed by atoms with Gasteiger partial charge < -0.3 is 15.0 Å². The van der Waals surface area contributed by atoms with Crippen molar-refractivity contribution >= 4 is 17.2 Å². The van der Waals surface area contributed by atoms with Crippen LogP contribution in [-0.2, 0) is 4.74 Å². The first-order valence-corrected chi connectivity index (χ1v) is 11.3. The normalized spacial score (nSPS) is 25.8. The van der Waals surface area contributed by atoms with Gasteiger partial charge in [0.05, 0.1) is 18.4 Å². The quantitative estimate of drug-likeness (QED) is 0.644. The van der Waals surface area contributed by atoms with E-state index in [0.29, 0.717) is 11.3 Å². The molecule has 6 heteroatoms. The fourth-order valence-electron chi connectivity index (χ4n) is 4.95. The van der Waals surface area contributed by atoms with E-state index in [9.17, 15) is 4.79 Å². The fraction of sp³-hybridized carbons (Fsp3) is 0.423. The van der Waals surface area contributed by atoms with Crippen LogP contribution in [0.1, 0.15) is 79.3 Å². The maximum absolute atomic E-state index is 12.8. The van der Waals surface area contributed by atoms with Gasteiger partial charge in [0.2, 0.25) is 0 Å². The summed E-state index contributed by atoms with van der Waals surface area (Å²) in [5, 5.41) is 12.0. The van der Waals surface area contributed by atoms with Crippen molar-refractivity contribution in [3.8, 4) is 6.07 Å². The molecule has 164 valence electrons. The Morgan fingerprint density at radius 3 is 2.72 bits per heavy atom. The maximum atomic E-state index is 12.8. The average molecular weight is 429 g/mol. The molecule has 1 fully saturated rings. The monoisotopic (exact) mass is 428 g/mol. The van der Waals surface area contributed by atoms with Gasteiger partial charge >= 0.3 is 0 Å². The zero-order chi connectivity index (χ0) is 22.3. The molecule has 1 aliphatic carbocycles. The molecule has 3 aliphatic rings. The van der Waals surface area contributed by atoms with Crippen molar-refractivity contribution in [1.29, 1.82) is 5.26 Å². The van der Waals surface area contributed by atoms with Crippen molar-refractivity contribution in [2.45, 2.75) is 64.1 Å². The number of aromatic nitrogens is 2. The van der Waals surface area contributed by atoms with Crippen LogP contribution in [0.25, 0.3) is 5.57 Å². The number of hydrogen-bond donors (Lipinski definition) is 2. The lowest BCUT2D eigenvalue weighted by atomic mass is 9.76. The van der Waals surface area contributed by atoms with Gasteiger partial charge in [-0.25, -0.2) is 4.98 Å². The van der Waals surface area contributed by atoms with E-state index in [0.717, 1.165) is 43.4 Å². The minimum absolute atomic E-state index is 0.141. The molecule has 2 aliphatic heterocycles. The number of allylic oxidation sites excluding steroid dienone is 2. The summed E-state index contributed by atoms with van der Waals surface area (Å²) in [5.41, 5.74) is 5.03. The van der Waals surface area contributed by atoms with Gasteiger partial charge in [-0.2, -0.15) is 5.26 Å². The third-order valence-corrected chi connectivity index (χ3v) is 6.92. The van der Waals surface area contributed by atoms with Gasteiger partial charge in [-0.3, -0.25) is 4.79 Å². The molecular weight excluding hydrogens is 400 g/mol. The second-order valence-corrected chi connectivity index (χ2v) is 9.88. The number of carbonyl (C=O) groups excluding carboxylic acids is 1. The number of benzene rings is 1. The molecule has 0 spiro atoms. The number of hydrogen-bond acceptors (Lipinski definition) is 4. The summed E-state index contributed by atoms with van der Waals surface area (Å²) in [5.74, 6) is 0.245. The van der Waals surface area contributed by atoms with Crippen LogP contribution < -0.4 is 5.32 Å². The molecule has 1 aromatic heterocycles. The van der Waals surface area contributed by atoms with Gasteiger partial charge in [0.25, 0.3) is 5.91 Å². The number of anilines is 1. The molecule has 1 aromatic carbocycles. The molecular formula is C26H28N4O2. The predicted molar refractivity (Wildman–Crippen MR) is 123 cm³/mol. The van der Waals surface area contributed by atoms with E-state index in [1.165, 1.54) is 17.3 Å². The molecule has 1 amide bonds. The molecule has 1 saturated heterocycles. The summed E-state index contributed by atoms with van der Waals surface area (Å²) in [4.78, 5) is 19.6. The Bertz CT molecular complexity index is 1140. The second kappa shape index (κ2) is 8.07. The number of H-pyrrole nitrogens is 1. The third-order valence-electron chi connectivity index (χ3n) is 6.92. The molecule has 5 rings (SSSR count). The predicted octanol–water partition coefficient (Wildman–Crippen LogP) is 5.33. The molecule has 2 atom stereocenters. The van der Waals surface area contributed by atoms with Crippen LogP contribution in [0.3, 0.4) is 0 Å². The molecule has 0 radical (unpaired) electrons. The zero-order valence-electron chi connectivity index (χ0n) is 18.5. The second-order valence-electron chi connectivity index (χ2n) is 9.88. The minimum atomic E-state index is -0.342. The summed E-state index contributed by atoms with van der Waals surface area (Å²) < 4.78 is 5.94. The number of aromatic amines is 1. The Morgan fingerprint density at radius 2 is 2.06 bits per heavy atom. The molecule has 2 N–H and O–H groups in total. The average Bonchev–Trinajstić information content (AvgIpc) is 3.40. The van der Waals surface area contributed by atoms with Crippen LogP contribution in [0.15, 0.2) is 42.6 Å². The number of carbonyl (C=O) groups is 1. The number of nitrogens with zero attached hydrogens (tertiary/aromatic N) is 2. The number of nitrogens with one attached hydrogen (secondary N) is 2. The van der Waals surface area contributed by atoms with E-state index in [1.807, 2.05) is 12.1 Å². The Kier molecular flexibility index (Phi) is 5.22. The molecule has 3 heterocycles. The first kappa shape index (κ1) is 20.7. The van der Waals surface area contributed by atoms with Crippen molar-refractivity contribution in [1.82, 2.24) is 9.97 Å². The smallest absolute Gasteiger partial charge is 0.291 e. The van der Waals surface area contributed by atoms with Gasteiger partial charge in [0, 0.05) is 11.3 Å². The molecule has 2 aromatic rings. The lowest BCUT2D eigenvalue weighted by Gasteiger charge is -2.31. The van der Waals surface area contributed by atoms with Gasteiger partial charge in [0.15, 0.2) is 5.82 Å². The Balaban J connectivity index is 1.46. The number of nitriles is 1. The van der Waals surface area contributed by atoms with Crippen molar-refractivity contribution in [2.75, 3.05) is 5.32 Å². The van der Waals surface area contributed by atoms with E-state index in [2.05, 4.69) is 59.5 Å². The van der Waals surface area contributed by atoms with Crippen molar-refractivity contribution in [2.24, 2.45) is 5.41 Å². The van der Waals surface area contributed by atoms with Gasteiger partial charge in [-0.05, 0) is 66.7 Å². The lowest BCUT2D eigenvalue weighted by Crippen LogP contribution is -2.24. The van der Waals surface area contributed by atoms with Crippen LogP contribution >= 0.6 is 0 Å². The van der Waals surface area contributed by atoms with Crippen LogP contribution in [0.2, 0.25) is 0 Å². The third kappa shape index (κ3) is 4.13. The first-order chi connectivity index (χ1) is 15.4. The zero-order valence-corrected chi connectivity index (χ0v) is 18.5. The van der Waals surface area contributed by atoms with E-state index >= 15 is 0 Å². The van der Waals surface area contributed by atoms with Crippen LogP contribution in [0.5, 0.6) is 0 Å². The Labute approximate surface area is 188 Å². The highest BCUT2D eigenvalue weighted by Gasteiger charge is 2.32. The minimum Gasteiger partial charge on any atom is -0.367 e. The largest absolute Gasteiger partial charge is 0.367 e. The molecule has 2 unspecified atom stereocenters. The topological polar surface area (TPSA) is 90.8 Å². The fourth-order valence-corrected chi connectivity index (χ4v) is 4.95. The molecule has 32 heavy (non-hydrogen) atoms. The van der Waals surface area contributed by atoms with E-state index in [1.54, 1.807) is 0 Å². The van der Waals surface area contributed by atoms with Gasteiger partial charge in [-0.1, -0.05) is 38.1 Å². The Morgan fingerprint density at radius 1 is 1.28 bits per heavy atom. The highest BCUT2D eigenvalue weighted by molar-refractivity contribution is 6.03. The number of rotatable bonds is 4. The number of amides is 1. The number of fused-ring (bicyclic) bond motifs is 2. The van der Waals surface area contributed by atoms with Crippen molar-refractivity contribution < 1.29 is 9.53 Å². The van der Waals surface area contributed by atoms with Crippen molar-refractivity contribution in [3.63, 3.8) is 0 Å². The van der Waals surface area contributed by atoms with Crippen LogP contribution in [-0.4, -0.2) is 28.1 Å². The van der Waals surface area contributed by atoms with E-state index in [-0.39, 0.29) is 29.6 Å². The lowest BCUT2D eigenvalue weighted by molar-refractivity contribution is 0.0108. The standard InChI is InChI=1S/C26H28N4O2/c1-26(2)9-7-16(8-10-26)22-13-17(18-11-20-4-5-21(12-18)32-20)3-6-23(22)30-25(31)24-28-15-19(14-27)29-24/h3-7,13,15,18,20-21H,8-12H2,1-2H3,(H,28,29)(H,30,31). The van der Waals surface area contributed by atoms with Crippen molar-refractivity contribution in [3.05, 3.63) is 65.3 Å². The van der Waals surface area contributed by atoms with E-state index in [4.69, 9.17) is 10.00 Å². The maximum Gasteiger partial charge on any atom is 0.291 e. The molecule has 2 bridgehead atoms. The Hall–Kier alpha value is -3.17. The summed E-state index contributed by atoms with van der Waals surface area (Å²) in [6, 6.07) is 8.38. The van der Waals surface area contributed by atoms with Gasteiger partial charge in [0.1, 0.15) is 11.8 Å². The number of ether oxygens (including phenoxy) is 1. The SMILES string of the molecule is CC1(C)CC=C(c2cc(C3CC4C=CC(C3)O4)ccc2NC(=O)c2ncc(C#N)[nH]2)CC1. The highest BCUT2D eigenvalue weighted by atomic mass is 16.5. The first-order valence-electron chi connectivity index (χ1n) is 11.3. The van der Waals surface area contributed by atoms with Gasteiger partial charge in [-0.15, -0.1) is 0 Å². The molecule has 6 nitrogen and oxygen atoms in total. The summed E-state index contributed by atoms with van der Waals surface area (Å²) in [6.45, 7) is 4.60. The summed E-state index contributed by atoms with van der Waals surface area (Å²) in [7, 11) is 0. The van der Waals surface area contributed by atoms with Crippen LogP contribution in [0.4, 0.5) is 5.69 Å². The highest BCUT2D eigenvalue weighted by Crippen LogP contribution is 2.43. The summed E-state index contributed by atoms with van der Waals surface area (Å²) in [6.07, 6.45) is 13.6. The summed E-state index contributed by atoms with van der Waals surface area (Å²) >= 11 is 0. The van der Waals surface area contributed by atoms with E-state index < -0.39 is 0 Å². The van der Waals surface area contributed by atoms with Crippen LogP contribution in [0, 0.1) is 16.7 Å².